The molecule has 0 spiro atoms. The van der Waals surface area contributed by atoms with Crippen LogP contribution < -0.4 is 5.73 Å². The van der Waals surface area contributed by atoms with Gasteiger partial charge in [0.25, 0.3) is 0 Å². The Balaban J connectivity index is 2.40. The highest BCUT2D eigenvalue weighted by atomic mass is 79.9. The summed E-state index contributed by atoms with van der Waals surface area (Å²) < 4.78 is 13.8. The highest BCUT2D eigenvalue weighted by molar-refractivity contribution is 9.10. The van der Waals surface area contributed by atoms with E-state index in [4.69, 9.17) is 5.73 Å². The van der Waals surface area contributed by atoms with Gasteiger partial charge in [-0.2, -0.15) is 0 Å². The van der Waals surface area contributed by atoms with Gasteiger partial charge in [-0.1, -0.05) is 12.1 Å². The third kappa shape index (κ3) is 1.71. The third-order valence-corrected chi connectivity index (χ3v) is 3.97. The molecule has 1 aliphatic rings. The molecular weight excluding hydrogens is 261 g/mol. The number of rotatable bonds is 2. The van der Waals surface area contributed by atoms with Crippen molar-refractivity contribution in [1.29, 1.82) is 0 Å². The number of benzene rings is 1. The van der Waals surface area contributed by atoms with Crippen molar-refractivity contribution in [3.05, 3.63) is 34.1 Å². The molecule has 0 amide bonds. The summed E-state index contributed by atoms with van der Waals surface area (Å²) in [6.45, 7) is 0.437. The Morgan fingerprint density at radius 2 is 2.20 bits per heavy atom. The molecule has 0 aromatic heterocycles. The molecule has 0 bridgehead atoms. The Morgan fingerprint density at radius 1 is 1.53 bits per heavy atom. The van der Waals surface area contributed by atoms with Crippen molar-refractivity contribution in [1.82, 2.24) is 0 Å². The largest absolute Gasteiger partial charge is 0.393 e. The lowest BCUT2D eigenvalue weighted by Gasteiger charge is -2.45. The molecular formula is C11H13BrFNO. The van der Waals surface area contributed by atoms with E-state index in [2.05, 4.69) is 15.9 Å². The maximum atomic E-state index is 13.4. The molecule has 0 heterocycles. The number of halogens is 2. The SMILES string of the molecule is NCC1(c2cccc(F)c2Br)CC(O)C1. The van der Waals surface area contributed by atoms with Crippen LogP contribution in [0.3, 0.4) is 0 Å². The first-order valence-corrected chi connectivity index (χ1v) is 5.71. The third-order valence-electron chi connectivity index (χ3n) is 3.17. The summed E-state index contributed by atoms with van der Waals surface area (Å²) in [5.74, 6) is -0.276. The molecule has 0 aliphatic heterocycles. The lowest BCUT2D eigenvalue weighted by atomic mass is 9.63. The van der Waals surface area contributed by atoms with E-state index >= 15 is 0 Å². The van der Waals surface area contributed by atoms with E-state index in [-0.39, 0.29) is 17.3 Å². The standard InChI is InChI=1S/C11H13BrFNO/c12-10-8(2-1-3-9(10)13)11(6-14)4-7(15)5-11/h1-3,7,15H,4-6,14H2. The average Bonchev–Trinajstić information content (AvgIpc) is 2.17. The van der Waals surface area contributed by atoms with Gasteiger partial charge in [-0.15, -0.1) is 0 Å². The molecule has 2 nitrogen and oxygen atoms in total. The van der Waals surface area contributed by atoms with Crippen LogP contribution >= 0.6 is 15.9 Å². The Kier molecular flexibility index (Phi) is 2.83. The first-order chi connectivity index (χ1) is 7.09. The Bertz CT molecular complexity index is 377. The van der Waals surface area contributed by atoms with Gasteiger partial charge in [-0.3, -0.25) is 0 Å². The van der Waals surface area contributed by atoms with Crippen LogP contribution in [0, 0.1) is 5.82 Å². The lowest BCUT2D eigenvalue weighted by Crippen LogP contribution is -2.50. The van der Waals surface area contributed by atoms with Crippen LogP contribution in [0.2, 0.25) is 0 Å². The van der Waals surface area contributed by atoms with E-state index in [9.17, 15) is 9.50 Å². The highest BCUT2D eigenvalue weighted by Gasteiger charge is 2.45. The van der Waals surface area contributed by atoms with Gasteiger partial charge in [0.1, 0.15) is 5.82 Å². The van der Waals surface area contributed by atoms with Crippen LogP contribution in [-0.2, 0) is 5.41 Å². The molecule has 3 N–H and O–H groups in total. The average molecular weight is 274 g/mol. The Labute approximate surface area is 96.4 Å². The first kappa shape index (κ1) is 11.0. The van der Waals surface area contributed by atoms with Crippen LogP contribution in [0.15, 0.2) is 22.7 Å². The molecule has 2 rings (SSSR count). The molecule has 15 heavy (non-hydrogen) atoms. The van der Waals surface area contributed by atoms with Crippen LogP contribution in [0.4, 0.5) is 4.39 Å². The maximum absolute atomic E-state index is 13.4. The Hall–Kier alpha value is -0.450. The minimum Gasteiger partial charge on any atom is -0.393 e. The van der Waals surface area contributed by atoms with E-state index in [0.717, 1.165) is 5.56 Å². The van der Waals surface area contributed by atoms with Crippen molar-refractivity contribution in [2.75, 3.05) is 6.54 Å². The molecule has 1 fully saturated rings. The molecule has 1 aliphatic carbocycles. The summed E-state index contributed by atoms with van der Waals surface area (Å²) in [6.07, 6.45) is 0.931. The summed E-state index contributed by atoms with van der Waals surface area (Å²) in [6, 6.07) is 4.95. The zero-order chi connectivity index (χ0) is 11.1. The first-order valence-electron chi connectivity index (χ1n) is 4.92. The molecule has 82 valence electrons. The zero-order valence-electron chi connectivity index (χ0n) is 8.21. The number of hydrogen-bond donors (Lipinski definition) is 2. The minimum atomic E-state index is -0.302. The van der Waals surface area contributed by atoms with Gasteiger partial charge in [-0.05, 0) is 40.4 Å². The normalized spacial score (nSPS) is 30.0. The van der Waals surface area contributed by atoms with Gasteiger partial charge in [-0.25, -0.2) is 4.39 Å². The van der Waals surface area contributed by atoms with Gasteiger partial charge in [0.05, 0.1) is 10.6 Å². The second-order valence-electron chi connectivity index (χ2n) is 4.15. The maximum Gasteiger partial charge on any atom is 0.137 e. The summed E-state index contributed by atoms with van der Waals surface area (Å²) in [4.78, 5) is 0. The van der Waals surface area contributed by atoms with E-state index in [0.29, 0.717) is 23.9 Å². The van der Waals surface area contributed by atoms with E-state index in [1.165, 1.54) is 6.07 Å². The van der Waals surface area contributed by atoms with Gasteiger partial charge in [0.2, 0.25) is 0 Å². The highest BCUT2D eigenvalue weighted by Crippen LogP contribution is 2.46. The second kappa shape index (κ2) is 3.85. The fourth-order valence-corrected chi connectivity index (χ4v) is 2.94. The van der Waals surface area contributed by atoms with Crippen LogP contribution in [0.1, 0.15) is 18.4 Å². The van der Waals surface area contributed by atoms with Gasteiger partial charge in [0.15, 0.2) is 0 Å². The van der Waals surface area contributed by atoms with E-state index < -0.39 is 0 Å². The molecule has 1 aromatic carbocycles. The number of aliphatic hydroxyl groups excluding tert-OH is 1. The summed E-state index contributed by atoms with van der Waals surface area (Å²) >= 11 is 3.24. The fraction of sp³-hybridized carbons (Fsp3) is 0.455. The monoisotopic (exact) mass is 273 g/mol. The van der Waals surface area contributed by atoms with Crippen molar-refractivity contribution in [2.24, 2.45) is 5.73 Å². The van der Waals surface area contributed by atoms with Crippen molar-refractivity contribution in [3.63, 3.8) is 0 Å². The molecule has 4 heteroatoms. The van der Waals surface area contributed by atoms with Crippen molar-refractivity contribution < 1.29 is 9.50 Å². The zero-order valence-corrected chi connectivity index (χ0v) is 9.80. The van der Waals surface area contributed by atoms with E-state index in [1.807, 2.05) is 6.07 Å². The Morgan fingerprint density at radius 3 is 2.73 bits per heavy atom. The minimum absolute atomic E-state index is 0.250. The summed E-state index contributed by atoms with van der Waals surface area (Å²) in [5.41, 5.74) is 6.35. The van der Waals surface area contributed by atoms with E-state index in [1.54, 1.807) is 6.07 Å². The molecule has 1 aromatic rings. The van der Waals surface area contributed by atoms with Gasteiger partial charge in [0, 0.05) is 12.0 Å². The number of hydrogen-bond acceptors (Lipinski definition) is 2. The number of aliphatic hydroxyl groups is 1. The molecule has 1 saturated carbocycles. The quantitative estimate of drug-likeness (QED) is 0.865. The van der Waals surface area contributed by atoms with Crippen LogP contribution in [0.25, 0.3) is 0 Å². The van der Waals surface area contributed by atoms with Crippen molar-refractivity contribution >= 4 is 15.9 Å². The molecule has 0 saturated heterocycles. The summed E-state index contributed by atoms with van der Waals surface area (Å²) in [5, 5.41) is 9.37. The smallest absolute Gasteiger partial charge is 0.137 e. The lowest BCUT2D eigenvalue weighted by molar-refractivity contribution is 0.0216. The van der Waals surface area contributed by atoms with Crippen LogP contribution in [-0.4, -0.2) is 17.8 Å². The van der Waals surface area contributed by atoms with Crippen molar-refractivity contribution in [2.45, 2.75) is 24.4 Å². The predicted molar refractivity (Wildman–Crippen MR) is 60.1 cm³/mol. The van der Waals surface area contributed by atoms with Crippen LogP contribution in [0.5, 0.6) is 0 Å². The predicted octanol–water partition coefficient (Wildman–Crippen LogP) is 1.94. The molecule has 0 unspecified atom stereocenters. The van der Waals surface area contributed by atoms with Gasteiger partial charge < -0.3 is 10.8 Å². The van der Waals surface area contributed by atoms with Crippen molar-refractivity contribution in [3.8, 4) is 0 Å². The summed E-state index contributed by atoms with van der Waals surface area (Å²) in [7, 11) is 0. The molecule has 0 atom stereocenters. The number of nitrogens with two attached hydrogens (primary N) is 1. The second-order valence-corrected chi connectivity index (χ2v) is 4.94. The topological polar surface area (TPSA) is 46.2 Å². The molecule has 0 radical (unpaired) electrons. The fourth-order valence-electron chi connectivity index (χ4n) is 2.25. The van der Waals surface area contributed by atoms with Gasteiger partial charge >= 0.3 is 0 Å².